The molecule has 0 aliphatic heterocycles. The van der Waals surface area contributed by atoms with Crippen LogP contribution in [0.2, 0.25) is 0 Å². The summed E-state index contributed by atoms with van der Waals surface area (Å²) in [4.78, 5) is 10.7. The number of rotatable bonds is 5. The van der Waals surface area contributed by atoms with Gasteiger partial charge in [0.2, 0.25) is 0 Å². The maximum Gasteiger partial charge on any atom is 0.151 e. The largest absolute Gasteiger partial charge is 0.383 e. The second-order valence-electron chi connectivity index (χ2n) is 5.73. The molecule has 0 unspecified atom stereocenters. The average Bonchev–Trinajstić information content (AvgIpc) is 2.44. The summed E-state index contributed by atoms with van der Waals surface area (Å²) in [7, 11) is -1.23. The van der Waals surface area contributed by atoms with Gasteiger partial charge in [0.25, 0.3) is 0 Å². The predicted molar refractivity (Wildman–Crippen MR) is 89.2 cm³/mol. The van der Waals surface area contributed by atoms with Crippen LogP contribution in [0.3, 0.4) is 0 Å². The molecule has 0 radical (unpaired) electrons. The van der Waals surface area contributed by atoms with E-state index in [0.29, 0.717) is 18.2 Å². The molecule has 0 bridgehead atoms. The molecular weight excluding hydrogens is 300 g/mol. The molecule has 2 rings (SSSR count). The molecule has 0 saturated heterocycles. The van der Waals surface area contributed by atoms with Crippen LogP contribution in [0, 0.1) is 0 Å². The summed E-state index contributed by atoms with van der Waals surface area (Å²) in [6, 6.07) is 7.41. The second kappa shape index (κ2) is 6.18. The van der Waals surface area contributed by atoms with Gasteiger partial charge in [0.15, 0.2) is 9.84 Å². The van der Waals surface area contributed by atoms with Gasteiger partial charge in [-0.05, 0) is 33.0 Å². The Bertz CT molecular complexity index is 776. The number of benzene rings is 1. The van der Waals surface area contributed by atoms with Gasteiger partial charge in [0, 0.05) is 17.7 Å². The maximum atomic E-state index is 11.7. The molecule has 1 aromatic carbocycles. The monoisotopic (exact) mass is 322 g/mol. The number of nitrogen functional groups attached to an aromatic ring is 1. The summed E-state index contributed by atoms with van der Waals surface area (Å²) in [5, 5.41) is 0.363. The lowest BCUT2D eigenvalue weighted by Crippen LogP contribution is -2.41. The van der Waals surface area contributed by atoms with Gasteiger partial charge in [-0.1, -0.05) is 12.1 Å². The number of nitrogens with two attached hydrogens (primary N) is 1. The topological polar surface area (TPSA) is 89.2 Å². The van der Waals surface area contributed by atoms with Gasteiger partial charge in [0.05, 0.1) is 17.3 Å². The lowest BCUT2D eigenvalue weighted by atomic mass is 10.2. The Labute approximate surface area is 131 Å². The summed E-state index contributed by atoms with van der Waals surface area (Å²) in [5.41, 5.74) is 6.77. The van der Waals surface area contributed by atoms with Crippen molar-refractivity contribution in [2.75, 3.05) is 19.0 Å². The number of hydrogen-bond donors (Lipinski definition) is 1. The third-order valence-corrected chi connectivity index (χ3v) is 5.86. The van der Waals surface area contributed by atoms with Crippen molar-refractivity contribution < 1.29 is 8.42 Å². The molecule has 1 aromatic heterocycles. The number of nitrogens with zero attached hydrogens (tertiary/aromatic N) is 3. The molecule has 22 heavy (non-hydrogen) atoms. The van der Waals surface area contributed by atoms with Crippen LogP contribution >= 0.6 is 0 Å². The number of hydrogen-bond acceptors (Lipinski definition) is 6. The van der Waals surface area contributed by atoms with E-state index in [4.69, 9.17) is 5.73 Å². The summed E-state index contributed by atoms with van der Waals surface area (Å²) >= 11 is 0. The molecule has 120 valence electrons. The number of para-hydroxylation sites is 1. The quantitative estimate of drug-likeness (QED) is 0.896. The molecule has 6 nitrogen and oxygen atoms in total. The molecule has 1 heterocycles. The molecular formula is C15H22N4O2S. The molecule has 2 N–H and O–H groups in total. The summed E-state index contributed by atoms with van der Waals surface area (Å²) in [5.74, 6) is 1.03. The molecule has 0 aliphatic carbocycles. The molecule has 0 amide bonds. The lowest BCUT2D eigenvalue weighted by Gasteiger charge is -2.28. The van der Waals surface area contributed by atoms with Crippen LogP contribution in [0.1, 0.15) is 19.7 Å². The van der Waals surface area contributed by atoms with Crippen molar-refractivity contribution in [3.8, 4) is 0 Å². The van der Waals surface area contributed by atoms with Crippen LogP contribution in [0.15, 0.2) is 24.3 Å². The zero-order valence-electron chi connectivity index (χ0n) is 13.3. The van der Waals surface area contributed by atoms with Crippen molar-refractivity contribution in [2.45, 2.75) is 31.7 Å². The molecule has 2 aromatic rings. The van der Waals surface area contributed by atoms with Gasteiger partial charge in [0.1, 0.15) is 11.6 Å². The van der Waals surface area contributed by atoms with E-state index in [0.717, 1.165) is 10.9 Å². The van der Waals surface area contributed by atoms with Crippen LogP contribution in [0.25, 0.3) is 10.9 Å². The molecule has 2 atom stereocenters. The van der Waals surface area contributed by atoms with Crippen LogP contribution in [-0.2, 0) is 16.4 Å². The van der Waals surface area contributed by atoms with Gasteiger partial charge >= 0.3 is 0 Å². The zero-order valence-corrected chi connectivity index (χ0v) is 14.1. The van der Waals surface area contributed by atoms with Crippen LogP contribution in [0.5, 0.6) is 0 Å². The summed E-state index contributed by atoms with van der Waals surface area (Å²) in [6.07, 6.45) is 1.26. The second-order valence-corrected chi connectivity index (χ2v) is 8.14. The Morgan fingerprint density at radius 3 is 2.50 bits per heavy atom. The van der Waals surface area contributed by atoms with Gasteiger partial charge < -0.3 is 5.73 Å². The third kappa shape index (κ3) is 3.53. The highest BCUT2D eigenvalue weighted by molar-refractivity contribution is 7.91. The normalized spacial score (nSPS) is 15.1. The highest BCUT2D eigenvalue weighted by atomic mass is 32.2. The molecule has 0 saturated carbocycles. The van der Waals surface area contributed by atoms with E-state index in [2.05, 4.69) is 9.97 Å². The minimum Gasteiger partial charge on any atom is -0.383 e. The molecule has 0 spiro atoms. The van der Waals surface area contributed by atoms with Crippen molar-refractivity contribution in [1.82, 2.24) is 14.9 Å². The van der Waals surface area contributed by atoms with E-state index in [1.165, 1.54) is 6.26 Å². The fraction of sp³-hybridized carbons (Fsp3) is 0.467. The Morgan fingerprint density at radius 2 is 1.86 bits per heavy atom. The number of fused-ring (bicyclic) bond motifs is 1. The molecule has 7 heteroatoms. The average molecular weight is 322 g/mol. The van der Waals surface area contributed by atoms with E-state index >= 15 is 0 Å². The number of aromatic nitrogens is 2. The fourth-order valence-corrected chi connectivity index (χ4v) is 3.23. The van der Waals surface area contributed by atoms with Crippen molar-refractivity contribution in [2.24, 2.45) is 0 Å². The Hall–Kier alpha value is -1.73. The van der Waals surface area contributed by atoms with Gasteiger partial charge in [-0.15, -0.1) is 0 Å². The van der Waals surface area contributed by atoms with Gasteiger partial charge in [-0.2, -0.15) is 0 Å². The van der Waals surface area contributed by atoms with Gasteiger partial charge in [-0.25, -0.2) is 18.4 Å². The minimum absolute atomic E-state index is 0.147. The van der Waals surface area contributed by atoms with Crippen molar-refractivity contribution in [3.05, 3.63) is 30.1 Å². The zero-order chi connectivity index (χ0) is 16.5. The Morgan fingerprint density at radius 1 is 1.23 bits per heavy atom. The van der Waals surface area contributed by atoms with Gasteiger partial charge in [-0.3, -0.25) is 4.90 Å². The first-order chi connectivity index (χ1) is 10.2. The van der Waals surface area contributed by atoms with Crippen LogP contribution in [-0.4, -0.2) is 47.9 Å². The standard InChI is InChI=1S/C15H22N4O2S/c1-10(11(2)22(4,20)21)19(3)9-14-17-13-8-6-5-7-12(13)15(16)18-14/h5-8,10-11H,9H2,1-4H3,(H2,16,17,18)/t10-,11+/m0/s1. The first-order valence-electron chi connectivity index (χ1n) is 7.10. The van der Waals surface area contributed by atoms with E-state index in [-0.39, 0.29) is 6.04 Å². The van der Waals surface area contributed by atoms with E-state index in [1.54, 1.807) is 6.92 Å². The number of anilines is 1. The smallest absolute Gasteiger partial charge is 0.151 e. The Kier molecular flexibility index (Phi) is 4.67. The maximum absolute atomic E-state index is 11.7. The third-order valence-electron chi connectivity index (χ3n) is 4.12. The summed E-state index contributed by atoms with van der Waals surface area (Å²) in [6.45, 7) is 4.04. The number of sulfone groups is 1. The van der Waals surface area contributed by atoms with E-state index in [9.17, 15) is 8.42 Å². The van der Waals surface area contributed by atoms with Crippen molar-refractivity contribution >= 4 is 26.6 Å². The highest BCUT2D eigenvalue weighted by Gasteiger charge is 2.25. The lowest BCUT2D eigenvalue weighted by molar-refractivity contribution is 0.240. The van der Waals surface area contributed by atoms with Crippen LogP contribution in [0.4, 0.5) is 5.82 Å². The SMILES string of the molecule is C[C@H]([C@H](C)N(C)Cc1nc(N)c2ccccc2n1)S(C)(=O)=O. The van der Waals surface area contributed by atoms with E-state index in [1.807, 2.05) is 43.1 Å². The van der Waals surface area contributed by atoms with Crippen molar-refractivity contribution in [1.29, 1.82) is 0 Å². The first kappa shape index (κ1) is 16.6. The highest BCUT2D eigenvalue weighted by Crippen LogP contribution is 2.18. The molecule has 0 aliphatic rings. The Balaban J connectivity index is 2.23. The van der Waals surface area contributed by atoms with Crippen molar-refractivity contribution in [3.63, 3.8) is 0 Å². The predicted octanol–water partition coefficient (Wildman–Crippen LogP) is 1.47. The fourth-order valence-electron chi connectivity index (χ4n) is 2.30. The summed E-state index contributed by atoms with van der Waals surface area (Å²) < 4.78 is 23.4. The van der Waals surface area contributed by atoms with Crippen LogP contribution < -0.4 is 5.73 Å². The first-order valence-corrected chi connectivity index (χ1v) is 9.06. The van der Waals surface area contributed by atoms with E-state index < -0.39 is 15.1 Å². The molecule has 0 fully saturated rings. The minimum atomic E-state index is -3.09.